The lowest BCUT2D eigenvalue weighted by atomic mass is 9.89. The topological polar surface area (TPSA) is 176 Å². The summed E-state index contributed by atoms with van der Waals surface area (Å²) in [6.07, 6.45) is 4.06. The Kier molecular flexibility index (Phi) is 6.90. The fraction of sp³-hybridized carbons (Fsp3) is 0.455. The van der Waals surface area contributed by atoms with Gasteiger partial charge in [-0.05, 0) is 43.4 Å². The SMILES string of the molecule is NCC1=C(CC(=O)NC2C(=O)N3C(C(=O)O)=C(CSc4ccc5n[nH]c(=O)n5n4)CS[C@H]23)CCCC1. The summed E-state index contributed by atoms with van der Waals surface area (Å²) >= 11 is 2.69. The zero-order valence-electron chi connectivity index (χ0n) is 19.2. The Morgan fingerprint density at radius 2 is 2.00 bits per heavy atom. The summed E-state index contributed by atoms with van der Waals surface area (Å²) in [6, 6.07) is 2.57. The third-order valence-corrected chi connectivity index (χ3v) is 8.88. The number of aliphatic carboxylic acids is 1. The van der Waals surface area contributed by atoms with Crippen LogP contribution in [-0.2, 0) is 14.4 Å². The fourth-order valence-corrected chi connectivity index (χ4v) is 7.07. The van der Waals surface area contributed by atoms with Crippen LogP contribution in [0.2, 0.25) is 0 Å². The van der Waals surface area contributed by atoms with E-state index in [1.807, 2.05) is 0 Å². The van der Waals surface area contributed by atoms with E-state index in [0.717, 1.165) is 41.3 Å². The number of fused-ring (bicyclic) bond motifs is 2. The van der Waals surface area contributed by atoms with E-state index in [-0.39, 0.29) is 23.8 Å². The van der Waals surface area contributed by atoms with E-state index in [4.69, 9.17) is 5.73 Å². The number of carbonyl (C=O) groups is 3. The van der Waals surface area contributed by atoms with E-state index in [1.165, 1.54) is 28.4 Å². The summed E-state index contributed by atoms with van der Waals surface area (Å²) in [6.45, 7) is 0.437. The quantitative estimate of drug-likeness (QED) is 0.213. The Morgan fingerprint density at radius 1 is 1.22 bits per heavy atom. The molecule has 36 heavy (non-hydrogen) atoms. The third kappa shape index (κ3) is 4.55. The minimum Gasteiger partial charge on any atom is -0.477 e. The highest BCUT2D eigenvalue weighted by molar-refractivity contribution is 8.01. The molecular weight excluding hydrogens is 506 g/mol. The first-order valence-electron chi connectivity index (χ1n) is 11.5. The minimum absolute atomic E-state index is 0.0521. The molecule has 0 aromatic carbocycles. The second-order valence-electron chi connectivity index (χ2n) is 8.77. The molecule has 4 heterocycles. The number of nitrogens with two attached hydrogens (primary N) is 1. The van der Waals surface area contributed by atoms with Crippen LogP contribution in [0.4, 0.5) is 0 Å². The first kappa shape index (κ1) is 24.6. The van der Waals surface area contributed by atoms with Gasteiger partial charge in [-0.2, -0.15) is 14.7 Å². The minimum atomic E-state index is -1.19. The highest BCUT2D eigenvalue weighted by atomic mass is 32.2. The van der Waals surface area contributed by atoms with Gasteiger partial charge < -0.3 is 16.2 Å². The Morgan fingerprint density at radius 3 is 2.75 bits per heavy atom. The van der Waals surface area contributed by atoms with Crippen LogP contribution in [0.25, 0.3) is 5.65 Å². The molecule has 0 bridgehead atoms. The van der Waals surface area contributed by atoms with Gasteiger partial charge in [-0.3, -0.25) is 14.5 Å². The summed E-state index contributed by atoms with van der Waals surface area (Å²) in [5, 5.41) is 23.1. The first-order valence-corrected chi connectivity index (χ1v) is 13.6. The number of hydrogen-bond donors (Lipinski definition) is 4. The number of hydrogen-bond acceptors (Lipinski definition) is 9. The van der Waals surface area contributed by atoms with Gasteiger partial charge in [0.2, 0.25) is 5.91 Å². The highest BCUT2D eigenvalue weighted by Crippen LogP contribution is 2.41. The van der Waals surface area contributed by atoms with Crippen molar-refractivity contribution in [2.45, 2.75) is 48.5 Å². The van der Waals surface area contributed by atoms with Crippen molar-refractivity contribution in [2.75, 3.05) is 18.1 Å². The number of aromatic amines is 1. The summed E-state index contributed by atoms with van der Waals surface area (Å²) in [7, 11) is 0. The number of rotatable bonds is 8. The van der Waals surface area contributed by atoms with Crippen molar-refractivity contribution < 1.29 is 19.5 Å². The molecule has 0 saturated carbocycles. The average Bonchev–Trinajstić information content (AvgIpc) is 3.25. The number of carboxylic acids is 1. The summed E-state index contributed by atoms with van der Waals surface area (Å²) < 4.78 is 1.13. The van der Waals surface area contributed by atoms with Crippen molar-refractivity contribution in [3.8, 4) is 0 Å². The Hall–Kier alpha value is -3.10. The van der Waals surface area contributed by atoms with Crippen LogP contribution < -0.4 is 16.7 Å². The number of β-lactam (4-membered cyclic amide) rings is 1. The monoisotopic (exact) mass is 531 g/mol. The van der Waals surface area contributed by atoms with Crippen molar-refractivity contribution in [2.24, 2.45) is 5.73 Å². The van der Waals surface area contributed by atoms with Crippen LogP contribution in [0, 0.1) is 0 Å². The van der Waals surface area contributed by atoms with Crippen molar-refractivity contribution in [3.05, 3.63) is 45.0 Å². The maximum absolute atomic E-state index is 12.9. The molecule has 0 spiro atoms. The van der Waals surface area contributed by atoms with Crippen LogP contribution in [0.3, 0.4) is 0 Å². The summed E-state index contributed by atoms with van der Waals surface area (Å²) in [5.74, 6) is -1.19. The molecule has 1 unspecified atom stereocenters. The molecule has 2 atom stereocenters. The molecule has 12 nitrogen and oxygen atoms in total. The van der Waals surface area contributed by atoms with Gasteiger partial charge in [-0.25, -0.2) is 14.7 Å². The van der Waals surface area contributed by atoms with Crippen LogP contribution in [0.1, 0.15) is 32.1 Å². The number of H-pyrrole nitrogens is 1. The van der Waals surface area contributed by atoms with Crippen LogP contribution in [0.5, 0.6) is 0 Å². The van der Waals surface area contributed by atoms with E-state index in [1.54, 1.807) is 12.1 Å². The van der Waals surface area contributed by atoms with E-state index in [9.17, 15) is 24.3 Å². The Bertz CT molecular complexity index is 1360. The van der Waals surface area contributed by atoms with Crippen LogP contribution in [-0.4, -0.2) is 77.1 Å². The number of nitrogens with one attached hydrogen (secondary N) is 2. The van der Waals surface area contributed by atoms with Gasteiger partial charge in [0.05, 0.1) is 0 Å². The molecule has 190 valence electrons. The molecule has 5 rings (SSSR count). The summed E-state index contributed by atoms with van der Waals surface area (Å²) in [4.78, 5) is 50.8. The Balaban J connectivity index is 1.27. The number of carboxylic acid groups (broad SMARTS) is 1. The highest BCUT2D eigenvalue weighted by Gasteiger charge is 2.54. The maximum atomic E-state index is 12.9. The molecule has 3 aliphatic rings. The normalized spacial score (nSPS) is 22.0. The predicted octanol–water partition coefficient (Wildman–Crippen LogP) is 0.468. The molecule has 2 amide bonds. The van der Waals surface area contributed by atoms with Crippen molar-refractivity contribution in [1.29, 1.82) is 0 Å². The smallest absolute Gasteiger partial charge is 0.364 e. The number of aromatic nitrogens is 4. The Labute approximate surface area is 213 Å². The third-order valence-electron chi connectivity index (χ3n) is 6.54. The molecule has 2 aromatic heterocycles. The zero-order chi connectivity index (χ0) is 25.4. The standard InChI is InChI=1S/C22H25N7O5S2/c23-8-12-4-2-1-3-11(12)7-15(30)24-17-19(31)28-18(21(32)33)13(10-36-20(17)28)9-35-16-6-5-14-25-26-22(34)29(14)27-16/h5-6,17,20H,1-4,7-10,23H2,(H,24,30)(H,26,34)(H,32,33)/t17?,20-/m1/s1. The molecule has 2 aromatic rings. The molecule has 0 radical (unpaired) electrons. The molecule has 14 heteroatoms. The largest absolute Gasteiger partial charge is 0.477 e. The van der Waals surface area contributed by atoms with Crippen LogP contribution >= 0.6 is 23.5 Å². The first-order chi connectivity index (χ1) is 17.4. The number of nitrogens with zero attached hydrogens (tertiary/aromatic N) is 4. The van der Waals surface area contributed by atoms with Gasteiger partial charge in [0.15, 0.2) is 5.65 Å². The van der Waals surface area contributed by atoms with E-state index in [0.29, 0.717) is 28.5 Å². The molecule has 1 fully saturated rings. The average molecular weight is 532 g/mol. The lowest BCUT2D eigenvalue weighted by Crippen LogP contribution is -2.70. The molecule has 2 aliphatic heterocycles. The second kappa shape index (κ2) is 10.1. The van der Waals surface area contributed by atoms with Gasteiger partial charge in [0.1, 0.15) is 22.1 Å². The van der Waals surface area contributed by atoms with Crippen molar-refractivity contribution in [3.63, 3.8) is 0 Å². The fourth-order valence-electron chi connectivity index (χ4n) is 4.73. The summed E-state index contributed by atoms with van der Waals surface area (Å²) in [5.41, 5.74) is 8.43. The number of carbonyl (C=O) groups excluding carboxylic acids is 2. The van der Waals surface area contributed by atoms with Gasteiger partial charge in [-0.1, -0.05) is 11.1 Å². The number of thioether (sulfide) groups is 2. The maximum Gasteiger partial charge on any atom is 0.364 e. The number of amides is 2. The van der Waals surface area contributed by atoms with Gasteiger partial charge in [0, 0.05) is 24.5 Å². The van der Waals surface area contributed by atoms with Gasteiger partial charge in [0.25, 0.3) is 5.91 Å². The molecule has 5 N–H and O–H groups in total. The van der Waals surface area contributed by atoms with Crippen molar-refractivity contribution >= 4 is 47.0 Å². The lowest BCUT2D eigenvalue weighted by Gasteiger charge is -2.49. The lowest BCUT2D eigenvalue weighted by molar-refractivity contribution is -0.150. The molecule has 1 aliphatic carbocycles. The van der Waals surface area contributed by atoms with Crippen molar-refractivity contribution in [1.82, 2.24) is 30.0 Å². The zero-order valence-corrected chi connectivity index (χ0v) is 20.9. The van der Waals surface area contributed by atoms with Crippen LogP contribution in [0.15, 0.2) is 44.4 Å². The predicted molar refractivity (Wildman–Crippen MR) is 133 cm³/mol. The van der Waals surface area contributed by atoms with E-state index >= 15 is 0 Å². The second-order valence-corrected chi connectivity index (χ2v) is 10.9. The molecule has 1 saturated heterocycles. The van der Waals surface area contributed by atoms with E-state index < -0.39 is 29.0 Å². The molecular formula is C22H25N7O5S2. The van der Waals surface area contributed by atoms with Gasteiger partial charge in [-0.15, -0.1) is 23.5 Å². The van der Waals surface area contributed by atoms with Gasteiger partial charge >= 0.3 is 11.7 Å². The van der Waals surface area contributed by atoms with E-state index in [2.05, 4.69) is 20.6 Å².